The maximum absolute atomic E-state index is 5.97. The second-order valence-corrected chi connectivity index (χ2v) is 6.32. The Balaban J connectivity index is 1.52. The molecule has 2 heterocycles. The molecule has 0 saturated heterocycles. The summed E-state index contributed by atoms with van der Waals surface area (Å²) < 4.78 is 8.11. The molecule has 0 fully saturated rings. The number of rotatable bonds is 5. The third-order valence-electron chi connectivity index (χ3n) is 4.50. The fourth-order valence-corrected chi connectivity index (χ4v) is 2.95. The fraction of sp³-hybridized carbons (Fsp3) is 0.130. The maximum atomic E-state index is 5.97. The summed E-state index contributed by atoms with van der Waals surface area (Å²) in [6.07, 6.45) is 6.95. The Morgan fingerprint density at radius 1 is 0.808 bits per heavy atom. The normalized spacial score (nSPS) is 10.8. The van der Waals surface area contributed by atoms with Gasteiger partial charge in [-0.05, 0) is 12.0 Å². The summed E-state index contributed by atoms with van der Waals surface area (Å²) in [4.78, 5) is 4.44. The number of hydrogen-bond acceptors (Lipinski definition) is 2. The van der Waals surface area contributed by atoms with E-state index in [1.807, 2.05) is 18.2 Å². The van der Waals surface area contributed by atoms with Crippen molar-refractivity contribution in [2.24, 2.45) is 0 Å². The zero-order valence-electron chi connectivity index (χ0n) is 14.8. The van der Waals surface area contributed by atoms with Crippen LogP contribution in [0.1, 0.15) is 18.1 Å². The molecule has 26 heavy (non-hydrogen) atoms. The predicted molar refractivity (Wildman–Crippen MR) is 102 cm³/mol. The third-order valence-corrected chi connectivity index (χ3v) is 4.50. The van der Waals surface area contributed by atoms with Gasteiger partial charge in [-0.2, -0.15) is 0 Å². The van der Waals surface area contributed by atoms with Crippen LogP contribution >= 0.6 is 0 Å². The smallest absolute Gasteiger partial charge is 0.227 e. The van der Waals surface area contributed by atoms with Crippen molar-refractivity contribution in [3.63, 3.8) is 0 Å². The summed E-state index contributed by atoms with van der Waals surface area (Å²) in [7, 11) is 0. The van der Waals surface area contributed by atoms with E-state index in [-0.39, 0.29) is 0 Å². The minimum absolute atomic E-state index is 0.645. The largest absolute Gasteiger partial charge is 0.436 e. The van der Waals surface area contributed by atoms with Crippen LogP contribution in [0.15, 0.2) is 89.7 Å². The lowest BCUT2D eigenvalue weighted by Crippen LogP contribution is -2.32. The van der Waals surface area contributed by atoms with Crippen LogP contribution in [0.3, 0.4) is 0 Å². The lowest BCUT2D eigenvalue weighted by atomic mass is 10.1. The standard InChI is InChI=1S/C23H21N2O/c1-2-18-8-10-20(11-9-18)22-16-24-23(26-22)21-12-14-25(15-13-21)17-19-6-4-3-5-7-19/h3-16H,2,17H2,1H3/q+1. The number of hydrogen-bond donors (Lipinski definition) is 0. The topological polar surface area (TPSA) is 29.9 Å². The van der Waals surface area contributed by atoms with Gasteiger partial charge in [0.1, 0.15) is 0 Å². The molecule has 0 N–H and O–H groups in total. The zero-order chi connectivity index (χ0) is 17.8. The molecule has 0 aliphatic carbocycles. The highest BCUT2D eigenvalue weighted by molar-refractivity contribution is 5.60. The quantitative estimate of drug-likeness (QED) is 0.483. The van der Waals surface area contributed by atoms with Crippen LogP contribution in [0.25, 0.3) is 22.8 Å². The Morgan fingerprint density at radius 3 is 2.23 bits per heavy atom. The van der Waals surface area contributed by atoms with Crippen LogP contribution in [0.2, 0.25) is 0 Å². The first kappa shape index (κ1) is 16.3. The average molecular weight is 341 g/mol. The van der Waals surface area contributed by atoms with E-state index in [9.17, 15) is 0 Å². The molecule has 128 valence electrons. The molecule has 3 nitrogen and oxygen atoms in total. The summed E-state index contributed by atoms with van der Waals surface area (Å²) in [6.45, 7) is 3.00. The minimum atomic E-state index is 0.645. The molecule has 0 unspecified atom stereocenters. The molecule has 0 aliphatic heterocycles. The summed E-state index contributed by atoms with van der Waals surface area (Å²) in [5, 5.41) is 0. The van der Waals surface area contributed by atoms with Crippen LogP contribution in [-0.4, -0.2) is 4.98 Å². The van der Waals surface area contributed by atoms with E-state index in [0.717, 1.165) is 29.9 Å². The molecule has 0 spiro atoms. The van der Waals surface area contributed by atoms with E-state index < -0.39 is 0 Å². The summed E-state index contributed by atoms with van der Waals surface area (Å²) >= 11 is 0. The van der Waals surface area contributed by atoms with Gasteiger partial charge in [0.15, 0.2) is 24.7 Å². The molecule has 0 aliphatic rings. The van der Waals surface area contributed by atoms with Crippen molar-refractivity contribution in [3.05, 3.63) is 96.4 Å². The van der Waals surface area contributed by atoms with Crippen LogP contribution in [0.5, 0.6) is 0 Å². The van der Waals surface area contributed by atoms with Crippen molar-refractivity contribution in [2.75, 3.05) is 0 Å². The van der Waals surface area contributed by atoms with Gasteiger partial charge in [-0.15, -0.1) is 0 Å². The molecule has 0 radical (unpaired) electrons. The Morgan fingerprint density at radius 2 is 1.54 bits per heavy atom. The Hall–Kier alpha value is -3.20. The molecule has 3 heteroatoms. The Labute approximate surface area is 153 Å². The first-order valence-electron chi connectivity index (χ1n) is 8.90. The van der Waals surface area contributed by atoms with Crippen LogP contribution in [-0.2, 0) is 13.0 Å². The SMILES string of the molecule is CCc1ccc(-c2cnc(-c3cc[n+](Cc4ccccc4)cc3)o2)cc1. The van der Waals surface area contributed by atoms with E-state index in [1.165, 1.54) is 11.1 Å². The van der Waals surface area contributed by atoms with Crippen molar-refractivity contribution in [1.82, 2.24) is 4.98 Å². The van der Waals surface area contributed by atoms with Crippen LogP contribution in [0, 0.1) is 0 Å². The minimum Gasteiger partial charge on any atom is -0.436 e. The maximum Gasteiger partial charge on any atom is 0.227 e. The number of aromatic nitrogens is 2. The first-order chi connectivity index (χ1) is 12.8. The van der Waals surface area contributed by atoms with Gasteiger partial charge in [-0.3, -0.25) is 0 Å². The van der Waals surface area contributed by atoms with Gasteiger partial charge in [-0.25, -0.2) is 9.55 Å². The molecule has 0 amide bonds. The van der Waals surface area contributed by atoms with Gasteiger partial charge < -0.3 is 4.42 Å². The third kappa shape index (κ3) is 3.57. The lowest BCUT2D eigenvalue weighted by molar-refractivity contribution is -0.688. The van der Waals surface area contributed by atoms with Crippen molar-refractivity contribution in [1.29, 1.82) is 0 Å². The molecule has 2 aromatic heterocycles. The van der Waals surface area contributed by atoms with Gasteiger partial charge in [0.05, 0.1) is 6.20 Å². The van der Waals surface area contributed by atoms with Crippen LogP contribution < -0.4 is 4.57 Å². The van der Waals surface area contributed by atoms with Crippen molar-refractivity contribution in [3.8, 4) is 22.8 Å². The summed E-state index contributed by atoms with van der Waals surface area (Å²) in [5.74, 6) is 1.44. The molecule has 0 saturated carbocycles. The molecular formula is C23H21N2O+. The molecule has 4 rings (SSSR count). The van der Waals surface area contributed by atoms with E-state index in [4.69, 9.17) is 4.42 Å². The number of nitrogens with zero attached hydrogens (tertiary/aromatic N) is 2. The molecular weight excluding hydrogens is 320 g/mol. The van der Waals surface area contributed by atoms with Crippen molar-refractivity contribution in [2.45, 2.75) is 19.9 Å². The predicted octanol–water partition coefficient (Wildman–Crippen LogP) is 4.91. The number of oxazole rings is 1. The second-order valence-electron chi connectivity index (χ2n) is 6.32. The van der Waals surface area contributed by atoms with Gasteiger partial charge in [0.25, 0.3) is 0 Å². The second kappa shape index (κ2) is 7.36. The van der Waals surface area contributed by atoms with Crippen LogP contribution in [0.4, 0.5) is 0 Å². The fourth-order valence-electron chi connectivity index (χ4n) is 2.95. The summed E-state index contributed by atoms with van der Waals surface area (Å²) in [5.41, 5.74) is 4.63. The average Bonchev–Trinajstić information content (AvgIpc) is 3.20. The highest BCUT2D eigenvalue weighted by Gasteiger charge is 2.10. The van der Waals surface area contributed by atoms with E-state index >= 15 is 0 Å². The molecule has 2 aromatic carbocycles. The molecule has 0 bridgehead atoms. The highest BCUT2D eigenvalue weighted by atomic mass is 16.4. The monoisotopic (exact) mass is 341 g/mol. The zero-order valence-corrected chi connectivity index (χ0v) is 14.8. The first-order valence-corrected chi connectivity index (χ1v) is 8.90. The van der Waals surface area contributed by atoms with E-state index in [2.05, 4.69) is 77.4 Å². The number of aryl methyl sites for hydroxylation is 1. The molecule has 4 aromatic rings. The Kier molecular flexibility index (Phi) is 4.61. The van der Waals surface area contributed by atoms with E-state index in [1.54, 1.807) is 6.20 Å². The van der Waals surface area contributed by atoms with E-state index in [0.29, 0.717) is 5.89 Å². The van der Waals surface area contributed by atoms with Gasteiger partial charge in [0, 0.05) is 28.8 Å². The van der Waals surface area contributed by atoms with Gasteiger partial charge in [-0.1, -0.05) is 61.5 Å². The highest BCUT2D eigenvalue weighted by Crippen LogP contribution is 2.25. The Bertz CT molecular complexity index is 971. The molecule has 0 atom stereocenters. The lowest BCUT2D eigenvalue weighted by Gasteiger charge is -2.00. The van der Waals surface area contributed by atoms with Gasteiger partial charge in [0.2, 0.25) is 5.89 Å². The van der Waals surface area contributed by atoms with Gasteiger partial charge >= 0.3 is 0 Å². The van der Waals surface area contributed by atoms with Crippen molar-refractivity contribution >= 4 is 0 Å². The van der Waals surface area contributed by atoms with Crippen molar-refractivity contribution < 1.29 is 8.98 Å². The number of pyridine rings is 1. The summed E-state index contributed by atoms with van der Waals surface area (Å²) in [6, 6.07) is 22.9. The number of benzene rings is 2.